The molecule has 0 spiro atoms. The van der Waals surface area contributed by atoms with E-state index in [0.29, 0.717) is 13.1 Å². The van der Waals surface area contributed by atoms with Gasteiger partial charge in [0, 0.05) is 0 Å². The lowest BCUT2D eigenvalue weighted by atomic mass is 10.0. The molecular formula is C20H41NO2. The van der Waals surface area contributed by atoms with Crippen LogP contribution in [0.2, 0.25) is 0 Å². The number of nitrogens with zero attached hydrogens (tertiary/aromatic N) is 1. The highest BCUT2D eigenvalue weighted by molar-refractivity contribution is 5.36. The Kier molecular flexibility index (Phi) is 19.0. The smallest absolute Gasteiger partial charge is 0.293 e. The number of hydrogen-bond donors (Lipinski definition) is 0. The van der Waals surface area contributed by atoms with Gasteiger partial charge in [-0.25, -0.2) is 0 Å². The van der Waals surface area contributed by atoms with Gasteiger partial charge in [0.15, 0.2) is 0 Å². The average molecular weight is 328 g/mol. The summed E-state index contributed by atoms with van der Waals surface area (Å²) in [5.74, 6) is 0. The highest BCUT2D eigenvalue weighted by atomic mass is 16.5. The molecule has 0 unspecified atom stereocenters. The lowest BCUT2D eigenvalue weighted by Crippen LogP contribution is -2.12. The van der Waals surface area contributed by atoms with Crippen LogP contribution in [0.1, 0.15) is 96.3 Å². The van der Waals surface area contributed by atoms with Gasteiger partial charge in [0.2, 0.25) is 0 Å². The van der Waals surface area contributed by atoms with Gasteiger partial charge in [0.05, 0.1) is 6.61 Å². The Labute approximate surface area is 145 Å². The Morgan fingerprint density at radius 1 is 0.609 bits per heavy atom. The molecule has 0 aromatic rings. The molecule has 0 N–H and O–H groups in total. The largest absolute Gasteiger partial charge is 0.468 e. The van der Waals surface area contributed by atoms with Gasteiger partial charge in [-0.2, -0.15) is 0 Å². The Hall–Kier alpha value is -0.570. The molecule has 138 valence electrons. The molecule has 0 aliphatic carbocycles. The van der Waals surface area contributed by atoms with Gasteiger partial charge in [-0.3, -0.25) is 4.79 Å². The number of rotatable bonds is 19. The molecule has 0 aromatic heterocycles. The standard InChI is InChI=1S/C20H41NO2/c1-21(2)18-16-14-12-10-8-6-4-3-5-7-9-11-13-15-17-19-23-20-22/h20H,3-19H2,1-2H3. The summed E-state index contributed by atoms with van der Waals surface area (Å²) in [6, 6.07) is 0. The highest BCUT2D eigenvalue weighted by Gasteiger charge is 1.95. The molecule has 0 heterocycles. The van der Waals surface area contributed by atoms with E-state index in [-0.39, 0.29) is 0 Å². The van der Waals surface area contributed by atoms with Crippen molar-refractivity contribution in [3.8, 4) is 0 Å². The van der Waals surface area contributed by atoms with E-state index in [9.17, 15) is 4.79 Å². The third-order valence-corrected chi connectivity index (χ3v) is 4.44. The molecule has 0 saturated heterocycles. The fraction of sp³-hybridized carbons (Fsp3) is 0.950. The van der Waals surface area contributed by atoms with Crippen molar-refractivity contribution in [3.05, 3.63) is 0 Å². The molecule has 0 atom stereocenters. The molecule has 0 amide bonds. The minimum atomic E-state index is 0.547. The molecule has 0 aromatic carbocycles. The SMILES string of the molecule is CN(C)CCCCCCCCCCCCCCCCCOC=O. The van der Waals surface area contributed by atoms with Crippen molar-refractivity contribution >= 4 is 6.47 Å². The van der Waals surface area contributed by atoms with Crippen molar-refractivity contribution in [2.24, 2.45) is 0 Å². The molecule has 0 rings (SSSR count). The zero-order chi connectivity index (χ0) is 17.0. The van der Waals surface area contributed by atoms with Crippen LogP contribution in [-0.2, 0) is 9.53 Å². The zero-order valence-electron chi connectivity index (χ0n) is 15.9. The van der Waals surface area contributed by atoms with Crippen LogP contribution in [0.15, 0.2) is 0 Å². The number of carbonyl (C=O) groups is 1. The second-order valence-corrected chi connectivity index (χ2v) is 7.07. The first-order valence-corrected chi connectivity index (χ1v) is 9.97. The van der Waals surface area contributed by atoms with Crippen molar-refractivity contribution in [2.75, 3.05) is 27.2 Å². The Morgan fingerprint density at radius 2 is 0.957 bits per heavy atom. The first kappa shape index (κ1) is 22.4. The van der Waals surface area contributed by atoms with Crippen LogP contribution in [0.25, 0.3) is 0 Å². The molecule has 3 heteroatoms. The molecule has 0 radical (unpaired) electrons. The van der Waals surface area contributed by atoms with Gasteiger partial charge in [0.1, 0.15) is 0 Å². The van der Waals surface area contributed by atoms with Crippen LogP contribution in [0.4, 0.5) is 0 Å². The van der Waals surface area contributed by atoms with E-state index in [4.69, 9.17) is 0 Å². The molecule has 0 saturated carbocycles. The summed E-state index contributed by atoms with van der Waals surface area (Å²) in [4.78, 5) is 12.2. The summed E-state index contributed by atoms with van der Waals surface area (Å²) >= 11 is 0. The summed E-state index contributed by atoms with van der Waals surface area (Å²) < 4.78 is 4.68. The van der Waals surface area contributed by atoms with E-state index in [0.717, 1.165) is 6.42 Å². The fourth-order valence-corrected chi connectivity index (χ4v) is 2.96. The predicted octanol–water partition coefficient (Wildman–Crippen LogP) is 5.57. The highest BCUT2D eigenvalue weighted by Crippen LogP contribution is 2.13. The summed E-state index contributed by atoms with van der Waals surface area (Å²) in [5.41, 5.74) is 0. The van der Waals surface area contributed by atoms with Crippen LogP contribution < -0.4 is 0 Å². The molecule has 0 aliphatic heterocycles. The Balaban J connectivity index is 2.96. The normalized spacial score (nSPS) is 11.1. The monoisotopic (exact) mass is 327 g/mol. The topological polar surface area (TPSA) is 29.5 Å². The van der Waals surface area contributed by atoms with Gasteiger partial charge >= 0.3 is 0 Å². The maximum atomic E-state index is 9.96. The van der Waals surface area contributed by atoms with Crippen LogP contribution >= 0.6 is 0 Å². The Bertz CT molecular complexity index is 232. The third-order valence-electron chi connectivity index (χ3n) is 4.44. The van der Waals surface area contributed by atoms with Crippen molar-refractivity contribution in [2.45, 2.75) is 96.3 Å². The van der Waals surface area contributed by atoms with Crippen molar-refractivity contribution in [1.29, 1.82) is 0 Å². The van der Waals surface area contributed by atoms with Crippen molar-refractivity contribution < 1.29 is 9.53 Å². The minimum Gasteiger partial charge on any atom is -0.468 e. The molecule has 0 aliphatic rings. The summed E-state index contributed by atoms with van der Waals surface area (Å²) in [6.45, 7) is 2.39. The number of carbonyl (C=O) groups excluding carboxylic acids is 1. The maximum absolute atomic E-state index is 9.96. The Morgan fingerprint density at radius 3 is 1.30 bits per heavy atom. The van der Waals surface area contributed by atoms with Crippen molar-refractivity contribution in [3.63, 3.8) is 0 Å². The van der Waals surface area contributed by atoms with E-state index >= 15 is 0 Å². The van der Waals surface area contributed by atoms with Gasteiger partial charge in [-0.05, 0) is 33.5 Å². The van der Waals surface area contributed by atoms with Crippen LogP contribution in [0.5, 0.6) is 0 Å². The second-order valence-electron chi connectivity index (χ2n) is 7.07. The summed E-state index contributed by atoms with van der Waals surface area (Å²) in [7, 11) is 4.32. The first-order valence-electron chi connectivity index (χ1n) is 9.97. The first-order chi connectivity index (χ1) is 11.3. The number of unbranched alkanes of at least 4 members (excludes halogenated alkanes) is 14. The molecule has 3 nitrogen and oxygen atoms in total. The maximum Gasteiger partial charge on any atom is 0.293 e. The number of ether oxygens (including phenoxy) is 1. The van der Waals surface area contributed by atoms with E-state index in [1.807, 2.05) is 0 Å². The second kappa shape index (κ2) is 19.5. The lowest BCUT2D eigenvalue weighted by molar-refractivity contribution is -0.128. The van der Waals surface area contributed by atoms with Crippen LogP contribution in [0.3, 0.4) is 0 Å². The quantitative estimate of drug-likeness (QED) is 0.229. The van der Waals surface area contributed by atoms with Crippen LogP contribution in [-0.4, -0.2) is 38.6 Å². The van der Waals surface area contributed by atoms with Crippen LogP contribution in [0, 0.1) is 0 Å². The molecule has 0 bridgehead atoms. The minimum absolute atomic E-state index is 0.547. The van der Waals surface area contributed by atoms with Gasteiger partial charge < -0.3 is 9.64 Å². The lowest BCUT2D eigenvalue weighted by Gasteiger charge is -2.08. The molecular weight excluding hydrogens is 286 g/mol. The van der Waals surface area contributed by atoms with E-state index in [1.165, 1.54) is 96.4 Å². The zero-order valence-corrected chi connectivity index (χ0v) is 15.9. The molecule has 0 fully saturated rings. The van der Waals surface area contributed by atoms with E-state index in [2.05, 4.69) is 23.7 Å². The van der Waals surface area contributed by atoms with Gasteiger partial charge in [-0.15, -0.1) is 0 Å². The fourth-order valence-electron chi connectivity index (χ4n) is 2.96. The summed E-state index contributed by atoms with van der Waals surface area (Å²) in [6.07, 6.45) is 20.4. The number of hydrogen-bond acceptors (Lipinski definition) is 3. The van der Waals surface area contributed by atoms with Gasteiger partial charge in [-0.1, -0.05) is 83.5 Å². The van der Waals surface area contributed by atoms with Gasteiger partial charge in [0.25, 0.3) is 6.47 Å². The van der Waals surface area contributed by atoms with E-state index in [1.54, 1.807) is 0 Å². The molecule has 23 heavy (non-hydrogen) atoms. The van der Waals surface area contributed by atoms with E-state index < -0.39 is 0 Å². The summed E-state index contributed by atoms with van der Waals surface area (Å²) in [5, 5.41) is 0. The average Bonchev–Trinajstić information content (AvgIpc) is 2.53. The third kappa shape index (κ3) is 21.4. The predicted molar refractivity (Wildman–Crippen MR) is 99.8 cm³/mol. The van der Waals surface area contributed by atoms with Crippen molar-refractivity contribution in [1.82, 2.24) is 4.90 Å².